The van der Waals surface area contributed by atoms with Crippen molar-refractivity contribution in [1.29, 1.82) is 0 Å². The molecular weight excluding hydrogens is 260 g/mol. The number of rotatable bonds is 2. The van der Waals surface area contributed by atoms with Crippen LogP contribution in [-0.4, -0.2) is 19.7 Å². The maximum Gasteiger partial charge on any atom is 0.306 e. The molecule has 0 saturated carbocycles. The summed E-state index contributed by atoms with van der Waals surface area (Å²) in [4.78, 5) is 11.2. The number of methoxy groups -OCH3 is 1. The second-order valence-corrected chi connectivity index (χ2v) is 4.39. The van der Waals surface area contributed by atoms with Crippen LogP contribution in [0.2, 0.25) is 0 Å². The highest BCUT2D eigenvalue weighted by atomic mass is 79.9. The third-order valence-electron chi connectivity index (χ3n) is 2.49. The van der Waals surface area contributed by atoms with Crippen molar-refractivity contribution in [2.24, 2.45) is 0 Å². The molecule has 1 aromatic carbocycles. The summed E-state index contributed by atoms with van der Waals surface area (Å²) in [6, 6.07) is 5.84. The Kier molecular flexibility index (Phi) is 2.95. The minimum atomic E-state index is -0.198. The Labute approximate surface area is 96.5 Å². The van der Waals surface area contributed by atoms with Gasteiger partial charge in [0.25, 0.3) is 0 Å². The van der Waals surface area contributed by atoms with Crippen LogP contribution in [0.4, 0.5) is 0 Å². The summed E-state index contributed by atoms with van der Waals surface area (Å²) >= 11 is 3.40. The van der Waals surface area contributed by atoms with Crippen molar-refractivity contribution >= 4 is 21.9 Å². The Morgan fingerprint density at radius 2 is 2.47 bits per heavy atom. The van der Waals surface area contributed by atoms with E-state index >= 15 is 0 Å². The Morgan fingerprint density at radius 3 is 3.20 bits per heavy atom. The van der Waals surface area contributed by atoms with Gasteiger partial charge in [-0.1, -0.05) is 15.9 Å². The number of benzene rings is 1. The molecule has 1 aliphatic heterocycles. The van der Waals surface area contributed by atoms with Crippen molar-refractivity contribution in [2.75, 3.05) is 13.7 Å². The van der Waals surface area contributed by atoms with E-state index in [1.54, 1.807) is 0 Å². The van der Waals surface area contributed by atoms with Crippen LogP contribution in [0.15, 0.2) is 22.7 Å². The molecule has 3 nitrogen and oxygen atoms in total. The van der Waals surface area contributed by atoms with Crippen LogP contribution in [0.25, 0.3) is 0 Å². The minimum absolute atomic E-state index is 0.116. The predicted molar refractivity (Wildman–Crippen MR) is 59.0 cm³/mol. The number of fused-ring (bicyclic) bond motifs is 1. The number of hydrogen-bond donors (Lipinski definition) is 0. The standard InChI is InChI=1S/C11H11BrO3/c1-14-11(13)4-7-6-15-10-3-2-8(12)5-9(7)10/h2-3,5,7H,4,6H2,1H3/t7-/m1/s1. The van der Waals surface area contributed by atoms with Crippen molar-refractivity contribution in [3.05, 3.63) is 28.2 Å². The van der Waals surface area contributed by atoms with Crippen molar-refractivity contribution in [3.63, 3.8) is 0 Å². The van der Waals surface area contributed by atoms with Crippen LogP contribution in [0.5, 0.6) is 5.75 Å². The van der Waals surface area contributed by atoms with E-state index in [2.05, 4.69) is 20.7 Å². The molecule has 1 aromatic rings. The largest absolute Gasteiger partial charge is 0.493 e. The SMILES string of the molecule is COC(=O)C[C@@H]1COc2ccc(Br)cc21. The third-order valence-corrected chi connectivity index (χ3v) is 2.99. The highest BCUT2D eigenvalue weighted by molar-refractivity contribution is 9.10. The highest BCUT2D eigenvalue weighted by Crippen LogP contribution is 2.37. The fourth-order valence-electron chi connectivity index (χ4n) is 1.70. The summed E-state index contributed by atoms with van der Waals surface area (Å²) < 4.78 is 11.1. The molecule has 0 unspecified atom stereocenters. The van der Waals surface area contributed by atoms with E-state index in [4.69, 9.17) is 4.74 Å². The fourth-order valence-corrected chi connectivity index (χ4v) is 2.08. The van der Waals surface area contributed by atoms with Gasteiger partial charge in [0.1, 0.15) is 5.75 Å². The van der Waals surface area contributed by atoms with Crippen LogP contribution in [-0.2, 0) is 9.53 Å². The van der Waals surface area contributed by atoms with Gasteiger partial charge in [-0.15, -0.1) is 0 Å². The summed E-state index contributed by atoms with van der Waals surface area (Å²) in [5.41, 5.74) is 1.08. The quantitative estimate of drug-likeness (QED) is 0.775. The Morgan fingerprint density at radius 1 is 1.67 bits per heavy atom. The van der Waals surface area contributed by atoms with Gasteiger partial charge < -0.3 is 9.47 Å². The molecular formula is C11H11BrO3. The van der Waals surface area contributed by atoms with Crippen LogP contribution in [0.3, 0.4) is 0 Å². The molecule has 2 rings (SSSR count). The highest BCUT2D eigenvalue weighted by Gasteiger charge is 2.26. The molecule has 0 saturated heterocycles. The lowest BCUT2D eigenvalue weighted by Gasteiger charge is -2.06. The molecule has 0 aliphatic carbocycles. The number of carbonyl (C=O) groups excluding carboxylic acids is 1. The normalized spacial score (nSPS) is 18.1. The van der Waals surface area contributed by atoms with Gasteiger partial charge in [0.15, 0.2) is 0 Å². The van der Waals surface area contributed by atoms with Gasteiger partial charge in [0.05, 0.1) is 20.1 Å². The fraction of sp³-hybridized carbons (Fsp3) is 0.364. The predicted octanol–water partition coefficient (Wildman–Crippen LogP) is 2.49. The van der Waals surface area contributed by atoms with E-state index in [-0.39, 0.29) is 11.9 Å². The molecule has 0 N–H and O–H groups in total. The molecule has 1 heterocycles. The molecule has 1 aliphatic rings. The molecule has 0 spiro atoms. The molecule has 80 valence electrons. The number of carbonyl (C=O) groups is 1. The summed E-state index contributed by atoms with van der Waals surface area (Å²) in [7, 11) is 1.40. The first-order valence-corrected chi connectivity index (χ1v) is 5.49. The topological polar surface area (TPSA) is 35.5 Å². The zero-order chi connectivity index (χ0) is 10.8. The van der Waals surface area contributed by atoms with E-state index in [0.29, 0.717) is 13.0 Å². The van der Waals surface area contributed by atoms with Gasteiger partial charge >= 0.3 is 5.97 Å². The Balaban J connectivity index is 2.20. The summed E-state index contributed by atoms with van der Waals surface area (Å²) in [6.07, 6.45) is 0.375. The minimum Gasteiger partial charge on any atom is -0.493 e. The van der Waals surface area contributed by atoms with Crippen molar-refractivity contribution in [1.82, 2.24) is 0 Å². The smallest absolute Gasteiger partial charge is 0.306 e. The molecule has 0 fully saturated rings. The molecule has 0 radical (unpaired) electrons. The first-order valence-electron chi connectivity index (χ1n) is 4.70. The van der Waals surface area contributed by atoms with Gasteiger partial charge in [0, 0.05) is 16.0 Å². The van der Waals surface area contributed by atoms with Crippen LogP contribution in [0, 0.1) is 0 Å². The van der Waals surface area contributed by atoms with E-state index in [1.165, 1.54) is 7.11 Å². The van der Waals surface area contributed by atoms with Gasteiger partial charge in [-0.25, -0.2) is 0 Å². The Bertz CT molecular complexity index is 389. The third kappa shape index (κ3) is 2.15. The van der Waals surface area contributed by atoms with E-state index in [9.17, 15) is 4.79 Å². The molecule has 0 bridgehead atoms. The lowest BCUT2D eigenvalue weighted by atomic mass is 9.98. The van der Waals surface area contributed by atoms with Gasteiger partial charge in [-0.05, 0) is 18.2 Å². The molecule has 1 atom stereocenters. The summed E-state index contributed by atoms with van der Waals surface area (Å²) in [5.74, 6) is 0.786. The number of halogens is 1. The maximum absolute atomic E-state index is 11.2. The van der Waals surface area contributed by atoms with Crippen molar-refractivity contribution in [3.8, 4) is 5.75 Å². The van der Waals surface area contributed by atoms with E-state index < -0.39 is 0 Å². The van der Waals surface area contributed by atoms with Gasteiger partial charge in [-0.2, -0.15) is 0 Å². The first-order chi connectivity index (χ1) is 7.20. The van der Waals surface area contributed by atoms with E-state index in [0.717, 1.165) is 15.8 Å². The van der Waals surface area contributed by atoms with Gasteiger partial charge in [0.2, 0.25) is 0 Å². The zero-order valence-electron chi connectivity index (χ0n) is 8.33. The molecule has 4 heteroatoms. The lowest BCUT2D eigenvalue weighted by molar-refractivity contribution is -0.141. The van der Waals surface area contributed by atoms with Crippen LogP contribution < -0.4 is 4.74 Å². The monoisotopic (exact) mass is 270 g/mol. The second-order valence-electron chi connectivity index (χ2n) is 3.47. The molecule has 0 amide bonds. The average Bonchev–Trinajstić information content (AvgIpc) is 2.61. The zero-order valence-corrected chi connectivity index (χ0v) is 9.91. The summed E-state index contributed by atoms with van der Waals surface area (Å²) in [6.45, 7) is 0.556. The molecule has 0 aromatic heterocycles. The average molecular weight is 271 g/mol. The first kappa shape index (κ1) is 10.5. The summed E-state index contributed by atoms with van der Waals surface area (Å²) in [5, 5.41) is 0. The number of ether oxygens (including phenoxy) is 2. The van der Waals surface area contributed by atoms with Crippen molar-refractivity contribution < 1.29 is 14.3 Å². The number of hydrogen-bond acceptors (Lipinski definition) is 3. The van der Waals surface area contributed by atoms with Crippen molar-refractivity contribution in [2.45, 2.75) is 12.3 Å². The van der Waals surface area contributed by atoms with Crippen LogP contribution in [0.1, 0.15) is 17.9 Å². The molecule has 15 heavy (non-hydrogen) atoms. The van der Waals surface area contributed by atoms with Crippen LogP contribution >= 0.6 is 15.9 Å². The van der Waals surface area contributed by atoms with E-state index in [1.807, 2.05) is 18.2 Å². The van der Waals surface area contributed by atoms with Gasteiger partial charge in [-0.3, -0.25) is 4.79 Å². The number of esters is 1. The lowest BCUT2D eigenvalue weighted by Crippen LogP contribution is -2.09. The Hall–Kier alpha value is -1.03. The maximum atomic E-state index is 11.2. The second kappa shape index (κ2) is 4.23.